The summed E-state index contributed by atoms with van der Waals surface area (Å²) in [6, 6.07) is 4.58. The minimum Gasteiger partial charge on any atom is -0.491 e. The van der Waals surface area contributed by atoms with E-state index in [0.717, 1.165) is 25.3 Å². The molecule has 0 aliphatic rings. The van der Waals surface area contributed by atoms with E-state index in [0.29, 0.717) is 24.3 Å². The molecule has 5 rings (SSSR count). The van der Waals surface area contributed by atoms with Gasteiger partial charge in [0.05, 0.1) is 12.7 Å². The summed E-state index contributed by atoms with van der Waals surface area (Å²) in [4.78, 5) is 0. The Morgan fingerprint density at radius 1 is 0.474 bits per heavy atom. The second-order valence-corrected chi connectivity index (χ2v) is 8.11. The van der Waals surface area contributed by atoms with Crippen molar-refractivity contribution in [2.45, 2.75) is 0 Å². The molecule has 0 heterocycles. The predicted molar refractivity (Wildman–Crippen MR) is 118 cm³/mol. The van der Waals surface area contributed by atoms with Crippen molar-refractivity contribution in [2.75, 3.05) is 7.11 Å². The summed E-state index contributed by atoms with van der Waals surface area (Å²) in [6.07, 6.45) is 0. The minimum absolute atomic E-state index is 0.386. The van der Waals surface area contributed by atoms with Gasteiger partial charge in [0, 0.05) is 27.3 Å². The monoisotopic (exact) mass is 540 g/mol. The van der Waals surface area contributed by atoms with E-state index in [1.165, 1.54) is 0 Å². The summed E-state index contributed by atoms with van der Waals surface area (Å²) in [5.41, 5.74) is -3.88. The smallest absolute Gasteiger partial charge is 0.204 e. The summed E-state index contributed by atoms with van der Waals surface area (Å²) in [5.74, 6) is -19.0. The van der Waals surface area contributed by atoms with Crippen molar-refractivity contribution < 1.29 is 48.6 Å². The van der Waals surface area contributed by atoms with Crippen LogP contribution in [0.15, 0.2) is 42.5 Å². The van der Waals surface area contributed by atoms with E-state index in [4.69, 9.17) is 0 Å². The third-order valence-electron chi connectivity index (χ3n) is 6.09. The molecule has 0 aliphatic heterocycles. The number of hydrogen-bond acceptors (Lipinski definition) is 1. The van der Waals surface area contributed by atoms with Crippen LogP contribution in [0, 0.1) is 58.2 Å². The highest BCUT2D eigenvalue weighted by Crippen LogP contribution is 2.49. The number of hydrogen-bond donors (Lipinski definition) is 0. The zero-order chi connectivity index (χ0) is 27.6. The van der Waals surface area contributed by atoms with E-state index in [2.05, 4.69) is 4.74 Å². The van der Waals surface area contributed by atoms with Crippen molar-refractivity contribution in [2.24, 2.45) is 0 Å². The second-order valence-electron chi connectivity index (χ2n) is 8.11. The third-order valence-corrected chi connectivity index (χ3v) is 6.09. The molecule has 11 heteroatoms. The Labute approximate surface area is 206 Å². The second kappa shape index (κ2) is 8.93. The molecule has 0 saturated carbocycles. The fourth-order valence-corrected chi connectivity index (χ4v) is 4.55. The van der Waals surface area contributed by atoms with Crippen molar-refractivity contribution in [1.29, 1.82) is 0 Å². The number of ether oxygens (including phenoxy) is 1. The number of benzene rings is 5. The summed E-state index contributed by atoms with van der Waals surface area (Å²) in [6.45, 7) is 0. The van der Waals surface area contributed by atoms with Gasteiger partial charge in [0.1, 0.15) is 17.5 Å². The molecule has 0 atom stereocenters. The molecule has 5 aromatic carbocycles. The first-order valence-corrected chi connectivity index (χ1v) is 10.6. The van der Waals surface area contributed by atoms with Crippen molar-refractivity contribution in [3.05, 3.63) is 101 Å². The Hall–Kier alpha value is -4.28. The first kappa shape index (κ1) is 25.4. The topological polar surface area (TPSA) is 9.23 Å². The molecule has 0 radical (unpaired) electrons. The average Bonchev–Trinajstić information content (AvgIpc) is 2.88. The summed E-state index contributed by atoms with van der Waals surface area (Å²) in [7, 11) is 0.727. The fourth-order valence-electron chi connectivity index (χ4n) is 4.55. The van der Waals surface area contributed by atoms with Gasteiger partial charge in [0.25, 0.3) is 0 Å². The molecule has 38 heavy (non-hydrogen) atoms. The van der Waals surface area contributed by atoms with Crippen LogP contribution < -0.4 is 4.74 Å². The molecule has 0 aromatic heterocycles. The average molecular weight is 540 g/mol. The zero-order valence-corrected chi connectivity index (χ0v) is 18.7. The summed E-state index contributed by atoms with van der Waals surface area (Å²) in [5, 5.41) is -3.30. The van der Waals surface area contributed by atoms with Crippen LogP contribution in [0.3, 0.4) is 0 Å². The third kappa shape index (κ3) is 3.48. The van der Waals surface area contributed by atoms with Crippen molar-refractivity contribution in [3.8, 4) is 28.0 Å². The van der Waals surface area contributed by atoms with Crippen molar-refractivity contribution >= 4 is 21.5 Å². The highest BCUT2D eigenvalue weighted by Gasteiger charge is 2.32. The van der Waals surface area contributed by atoms with E-state index < -0.39 is 108 Å². The maximum atomic E-state index is 15.3. The first-order chi connectivity index (χ1) is 18.0. The molecule has 0 N–H and O–H groups in total. The molecule has 0 saturated heterocycles. The van der Waals surface area contributed by atoms with Gasteiger partial charge in [-0.05, 0) is 41.3 Å². The molecule has 0 spiro atoms. The van der Waals surface area contributed by atoms with Crippen LogP contribution in [0.25, 0.3) is 43.8 Å². The van der Waals surface area contributed by atoms with Crippen LogP contribution >= 0.6 is 0 Å². The van der Waals surface area contributed by atoms with Gasteiger partial charge < -0.3 is 4.74 Å². The van der Waals surface area contributed by atoms with Gasteiger partial charge in [-0.1, -0.05) is 12.1 Å². The lowest BCUT2D eigenvalue weighted by Gasteiger charge is -2.20. The van der Waals surface area contributed by atoms with Crippen LogP contribution in [0.5, 0.6) is 5.75 Å². The van der Waals surface area contributed by atoms with Gasteiger partial charge >= 0.3 is 0 Å². The number of fused-ring (bicyclic) bond motifs is 2. The van der Waals surface area contributed by atoms with Crippen LogP contribution in [0.4, 0.5) is 43.9 Å². The Morgan fingerprint density at radius 3 is 1.50 bits per heavy atom. The Balaban J connectivity index is 2.13. The molecule has 0 bridgehead atoms. The largest absolute Gasteiger partial charge is 0.491 e. The summed E-state index contributed by atoms with van der Waals surface area (Å²) < 4.78 is 152. The number of halogens is 10. The lowest BCUT2D eigenvalue weighted by molar-refractivity contribution is 0.334. The van der Waals surface area contributed by atoms with Crippen LogP contribution in [-0.4, -0.2) is 7.11 Å². The molecule has 1 nitrogen and oxygen atoms in total. The number of methoxy groups -OCH3 is 1. The quantitative estimate of drug-likeness (QED) is 0.0963. The van der Waals surface area contributed by atoms with Crippen LogP contribution in [0.1, 0.15) is 0 Å². The van der Waals surface area contributed by atoms with E-state index in [1.54, 1.807) is 0 Å². The van der Waals surface area contributed by atoms with E-state index in [-0.39, 0.29) is 0 Å². The summed E-state index contributed by atoms with van der Waals surface area (Å²) >= 11 is 0. The Kier molecular flexibility index (Phi) is 5.96. The van der Waals surface area contributed by atoms with Gasteiger partial charge in [-0.25, -0.2) is 35.1 Å². The van der Waals surface area contributed by atoms with Crippen molar-refractivity contribution in [3.63, 3.8) is 0 Å². The SMILES string of the molecule is COc1c(F)c(F)c(-c2c3cccc(F)c3c(-c3cc(F)c(F)c(F)c3)c3c(F)ccc(F)c23)c(F)c1F. The predicted octanol–water partition coefficient (Wildman–Crippen LogP) is 8.73. The molecular formula is C27H10F10O. The van der Waals surface area contributed by atoms with Crippen molar-refractivity contribution in [1.82, 2.24) is 0 Å². The van der Waals surface area contributed by atoms with Gasteiger partial charge in [-0.15, -0.1) is 0 Å². The first-order valence-electron chi connectivity index (χ1n) is 10.6. The lowest BCUT2D eigenvalue weighted by atomic mass is 9.84. The molecule has 0 aliphatic carbocycles. The van der Waals surface area contributed by atoms with E-state index in [1.807, 2.05) is 0 Å². The standard InChI is InChI=1S/C27H10F10O/c1-38-27-25(36)23(34)21(24(35)26(27)37)18-10-3-2-4-11(28)17(10)16(9-7-14(31)22(33)15(32)8-9)19-12(29)5-6-13(30)20(18)19/h2-8H,1H3. The van der Waals surface area contributed by atoms with Gasteiger partial charge in [-0.3, -0.25) is 0 Å². The maximum Gasteiger partial charge on any atom is 0.204 e. The lowest BCUT2D eigenvalue weighted by Crippen LogP contribution is -2.06. The van der Waals surface area contributed by atoms with E-state index >= 15 is 22.0 Å². The molecule has 194 valence electrons. The minimum atomic E-state index is -2.07. The van der Waals surface area contributed by atoms with Crippen LogP contribution in [-0.2, 0) is 0 Å². The van der Waals surface area contributed by atoms with Crippen LogP contribution in [0.2, 0.25) is 0 Å². The number of rotatable bonds is 3. The van der Waals surface area contributed by atoms with Gasteiger partial charge in [0.2, 0.25) is 11.6 Å². The maximum absolute atomic E-state index is 15.3. The normalized spacial score (nSPS) is 11.6. The molecule has 5 aromatic rings. The van der Waals surface area contributed by atoms with Gasteiger partial charge in [0.15, 0.2) is 34.8 Å². The van der Waals surface area contributed by atoms with E-state index in [9.17, 15) is 22.0 Å². The fraction of sp³-hybridized carbons (Fsp3) is 0.0370. The molecule has 0 fully saturated rings. The highest BCUT2D eigenvalue weighted by atomic mass is 19.2. The highest BCUT2D eigenvalue weighted by molar-refractivity contribution is 6.22. The molecule has 0 unspecified atom stereocenters. The molecular weight excluding hydrogens is 530 g/mol. The molecule has 0 amide bonds. The Morgan fingerprint density at radius 2 is 0.974 bits per heavy atom. The zero-order valence-electron chi connectivity index (χ0n) is 18.7. The van der Waals surface area contributed by atoms with Gasteiger partial charge in [-0.2, -0.15) is 8.78 Å². The Bertz CT molecular complexity index is 1760.